The van der Waals surface area contributed by atoms with Crippen molar-refractivity contribution in [3.63, 3.8) is 0 Å². The van der Waals surface area contributed by atoms with Crippen molar-refractivity contribution >= 4 is 17.5 Å². The lowest BCUT2D eigenvalue weighted by Crippen LogP contribution is -2.46. The van der Waals surface area contributed by atoms with Gasteiger partial charge in [0.1, 0.15) is 23.6 Å². The van der Waals surface area contributed by atoms with Gasteiger partial charge in [0.2, 0.25) is 0 Å². The molecule has 0 bridgehead atoms. The molecule has 4 aliphatic heterocycles. The number of nitrogens with two attached hydrogens (primary N) is 1. The van der Waals surface area contributed by atoms with Gasteiger partial charge in [-0.1, -0.05) is 0 Å². The van der Waals surface area contributed by atoms with Crippen LogP contribution in [0.25, 0.3) is 0 Å². The molecule has 8 nitrogen and oxygen atoms in total. The van der Waals surface area contributed by atoms with E-state index in [4.69, 9.17) is 15.2 Å². The number of anilines is 1. The molecule has 1 spiro atoms. The summed E-state index contributed by atoms with van der Waals surface area (Å²) in [6.07, 6.45) is 0.393. The molecule has 176 valence electrons. The van der Waals surface area contributed by atoms with E-state index in [0.717, 1.165) is 6.07 Å². The van der Waals surface area contributed by atoms with E-state index in [1.165, 1.54) is 23.2 Å². The lowest BCUT2D eigenvalue weighted by Gasteiger charge is -2.38. The molecule has 11 heteroatoms. The molecule has 3 N–H and O–H groups in total. The molecule has 33 heavy (non-hydrogen) atoms. The minimum Gasteiger partial charge on any atom is -0.478 e. The number of carbonyl (C=O) groups is 1. The number of amidine groups is 1. The quantitative estimate of drug-likeness (QED) is 0.660. The fraction of sp³-hybridized carbons (Fsp3) is 0.455. The number of nitrogens with zero attached hydrogens (tertiary/aromatic N) is 3. The zero-order valence-corrected chi connectivity index (χ0v) is 17.6. The Labute approximate surface area is 187 Å². The van der Waals surface area contributed by atoms with Crippen molar-refractivity contribution in [1.29, 1.82) is 0 Å². The van der Waals surface area contributed by atoms with E-state index < -0.39 is 35.7 Å². The molecule has 2 saturated heterocycles. The van der Waals surface area contributed by atoms with Gasteiger partial charge in [-0.2, -0.15) is 0 Å². The van der Waals surface area contributed by atoms with Gasteiger partial charge >= 0.3 is 5.97 Å². The summed E-state index contributed by atoms with van der Waals surface area (Å²) in [7, 11) is 0. The first-order chi connectivity index (χ1) is 15.8. The maximum Gasteiger partial charge on any atom is 0.333 e. The highest BCUT2D eigenvalue weighted by Crippen LogP contribution is 2.38. The zero-order chi connectivity index (χ0) is 23.3. The van der Waals surface area contributed by atoms with Gasteiger partial charge < -0.3 is 30.1 Å². The van der Waals surface area contributed by atoms with Crippen LogP contribution in [0, 0.1) is 11.6 Å². The predicted octanol–water partition coefficient (Wildman–Crippen LogP) is 1.92. The minimum atomic E-state index is -1.58. The Morgan fingerprint density at radius 3 is 2.88 bits per heavy atom. The standard InChI is InChI=1S/C22H23F3N4O4/c23-14-1-2-18(16(24)7-14)29-9-13(21(30)31)5-12-6-17(25)20(27-19(12)29)28-4-3-22(11-28)32-10-15(8-26)33-22/h1-2,6-7,9,15,17,19H,3-5,8,10-11,26H2,(H,30,31). The third-order valence-electron chi connectivity index (χ3n) is 6.30. The molecule has 4 aliphatic rings. The normalized spacial score (nSPS) is 31.4. The first kappa shape index (κ1) is 21.9. The Bertz CT molecular complexity index is 1080. The van der Waals surface area contributed by atoms with Crippen molar-refractivity contribution in [2.75, 3.05) is 31.1 Å². The highest BCUT2D eigenvalue weighted by atomic mass is 19.1. The number of halogens is 3. The first-order valence-corrected chi connectivity index (χ1v) is 10.6. The fourth-order valence-corrected chi connectivity index (χ4v) is 4.70. The van der Waals surface area contributed by atoms with Crippen LogP contribution < -0.4 is 10.6 Å². The summed E-state index contributed by atoms with van der Waals surface area (Å²) in [6.45, 7) is 1.38. The van der Waals surface area contributed by atoms with Crippen molar-refractivity contribution in [3.8, 4) is 0 Å². The molecule has 2 fully saturated rings. The number of dihydropyridines is 1. The third kappa shape index (κ3) is 3.90. The van der Waals surface area contributed by atoms with Crippen LogP contribution in [0.2, 0.25) is 0 Å². The molecule has 1 aromatic rings. The van der Waals surface area contributed by atoms with Gasteiger partial charge in [-0.3, -0.25) is 0 Å². The SMILES string of the molecule is NCC1COC2(CCN(C3=NC4C(=CC3F)CC(C(=O)O)=CN4c3ccc(F)cc3F)C2)O1. The number of ether oxygens (including phenoxy) is 2. The van der Waals surface area contributed by atoms with Crippen LogP contribution in [0.5, 0.6) is 0 Å². The van der Waals surface area contributed by atoms with Gasteiger partial charge in [-0.25, -0.2) is 23.0 Å². The lowest BCUT2D eigenvalue weighted by molar-refractivity contribution is -0.153. The molecule has 5 rings (SSSR count). The summed E-state index contributed by atoms with van der Waals surface area (Å²) >= 11 is 0. The number of fused-ring (bicyclic) bond motifs is 1. The Hall–Kier alpha value is -2.89. The summed E-state index contributed by atoms with van der Waals surface area (Å²) in [5.74, 6) is -3.60. The summed E-state index contributed by atoms with van der Waals surface area (Å²) in [6, 6.07) is 2.99. The van der Waals surface area contributed by atoms with Gasteiger partial charge in [-0.05, 0) is 23.8 Å². The van der Waals surface area contributed by atoms with Crippen LogP contribution in [0.3, 0.4) is 0 Å². The first-order valence-electron chi connectivity index (χ1n) is 10.6. The molecular formula is C22H23F3N4O4. The monoisotopic (exact) mass is 464 g/mol. The Morgan fingerprint density at radius 1 is 1.36 bits per heavy atom. The number of likely N-dealkylation sites (tertiary alicyclic amines) is 1. The lowest BCUT2D eigenvalue weighted by atomic mass is 9.94. The topological polar surface area (TPSA) is 101 Å². The number of hydrogen-bond donors (Lipinski definition) is 2. The average Bonchev–Trinajstić information content (AvgIpc) is 3.39. The number of aliphatic carboxylic acids is 1. The highest BCUT2D eigenvalue weighted by molar-refractivity contribution is 5.92. The molecule has 4 heterocycles. The van der Waals surface area contributed by atoms with Crippen molar-refractivity contribution < 1.29 is 32.5 Å². The van der Waals surface area contributed by atoms with E-state index >= 15 is 4.39 Å². The highest BCUT2D eigenvalue weighted by Gasteiger charge is 2.49. The number of aliphatic imine (C=N–C) groups is 1. The second kappa shape index (κ2) is 8.15. The van der Waals surface area contributed by atoms with Crippen molar-refractivity contribution in [3.05, 3.63) is 53.3 Å². The van der Waals surface area contributed by atoms with E-state index in [-0.39, 0.29) is 36.2 Å². The molecule has 4 unspecified atom stereocenters. The van der Waals surface area contributed by atoms with Crippen LogP contribution >= 0.6 is 0 Å². The number of rotatable bonds is 3. The third-order valence-corrected chi connectivity index (χ3v) is 6.30. The van der Waals surface area contributed by atoms with Crippen LogP contribution in [0.1, 0.15) is 12.8 Å². The maximum atomic E-state index is 15.2. The largest absolute Gasteiger partial charge is 0.478 e. The van der Waals surface area contributed by atoms with E-state index in [9.17, 15) is 18.7 Å². The number of carboxylic acid groups (broad SMARTS) is 1. The summed E-state index contributed by atoms with van der Waals surface area (Å²) < 4.78 is 55.1. The van der Waals surface area contributed by atoms with E-state index in [0.29, 0.717) is 37.8 Å². The van der Waals surface area contributed by atoms with Crippen LogP contribution in [0.15, 0.2) is 46.6 Å². The van der Waals surface area contributed by atoms with Gasteiger partial charge in [0, 0.05) is 38.2 Å². The second-order valence-corrected chi connectivity index (χ2v) is 8.51. The Balaban J connectivity index is 1.48. The number of hydrogen-bond acceptors (Lipinski definition) is 7. The van der Waals surface area contributed by atoms with E-state index in [1.54, 1.807) is 4.90 Å². The van der Waals surface area contributed by atoms with Gasteiger partial charge in [-0.15, -0.1) is 0 Å². The molecule has 0 aliphatic carbocycles. The van der Waals surface area contributed by atoms with Crippen molar-refractivity contribution in [2.24, 2.45) is 10.7 Å². The molecular weight excluding hydrogens is 441 g/mol. The predicted molar refractivity (Wildman–Crippen MR) is 112 cm³/mol. The molecule has 0 amide bonds. The molecule has 1 aromatic carbocycles. The van der Waals surface area contributed by atoms with Crippen LogP contribution in [-0.4, -0.2) is 72.3 Å². The molecule has 0 saturated carbocycles. The fourth-order valence-electron chi connectivity index (χ4n) is 4.70. The number of benzene rings is 1. The average molecular weight is 464 g/mol. The van der Waals surface area contributed by atoms with E-state index in [2.05, 4.69) is 4.99 Å². The van der Waals surface area contributed by atoms with Crippen molar-refractivity contribution in [1.82, 2.24) is 4.90 Å². The summed E-state index contributed by atoms with van der Waals surface area (Å²) in [4.78, 5) is 19.2. The molecule has 4 atom stereocenters. The van der Waals surface area contributed by atoms with Crippen molar-refractivity contribution in [2.45, 2.75) is 37.1 Å². The Kier molecular flexibility index (Phi) is 5.42. The number of carboxylic acids is 1. The van der Waals surface area contributed by atoms with Gasteiger partial charge in [0.05, 0.1) is 30.5 Å². The minimum absolute atomic E-state index is 0.0369. The summed E-state index contributed by atoms with van der Waals surface area (Å²) in [5, 5.41) is 9.51. The van der Waals surface area contributed by atoms with E-state index in [1.807, 2.05) is 0 Å². The number of alkyl halides is 1. The zero-order valence-electron chi connectivity index (χ0n) is 17.6. The second-order valence-electron chi connectivity index (χ2n) is 8.51. The van der Waals surface area contributed by atoms with Gasteiger partial charge in [0.25, 0.3) is 0 Å². The molecule has 0 radical (unpaired) electrons. The maximum absolute atomic E-state index is 15.2. The Morgan fingerprint density at radius 2 is 2.18 bits per heavy atom. The van der Waals surface area contributed by atoms with Crippen LogP contribution in [-0.2, 0) is 14.3 Å². The smallest absolute Gasteiger partial charge is 0.333 e. The summed E-state index contributed by atoms with van der Waals surface area (Å²) in [5.41, 5.74) is 5.95. The molecule has 0 aromatic heterocycles. The van der Waals surface area contributed by atoms with Gasteiger partial charge in [0.15, 0.2) is 12.0 Å². The van der Waals surface area contributed by atoms with Crippen LogP contribution in [0.4, 0.5) is 18.9 Å².